The molecule has 2 unspecified atom stereocenters. The fourth-order valence-electron chi connectivity index (χ4n) is 2.55. The smallest absolute Gasteiger partial charge is 0.278 e. The van der Waals surface area contributed by atoms with Crippen molar-refractivity contribution in [3.8, 4) is 10.9 Å². The van der Waals surface area contributed by atoms with Crippen molar-refractivity contribution in [3.05, 3.63) is 41.4 Å². The molecule has 116 valence electrons. The molecule has 2 atom stereocenters. The number of nitrogens with zero attached hydrogens (tertiary/aromatic N) is 2. The Labute approximate surface area is 133 Å². The van der Waals surface area contributed by atoms with Crippen molar-refractivity contribution in [2.75, 3.05) is 13.1 Å². The van der Waals surface area contributed by atoms with E-state index in [2.05, 4.69) is 4.98 Å². The summed E-state index contributed by atoms with van der Waals surface area (Å²) < 4.78 is 11.3. The topological polar surface area (TPSA) is 51.7 Å². The van der Waals surface area contributed by atoms with Crippen LogP contribution in [0.5, 0.6) is 10.9 Å². The number of rotatable bonds is 3. The van der Waals surface area contributed by atoms with Crippen LogP contribution < -0.4 is 4.74 Å². The molecule has 0 spiro atoms. The third kappa shape index (κ3) is 3.45. The SMILES string of the molecule is CC1CN(C(=O)c2ccc(Oc3nccs3)cc2)CC(C)O1. The first-order valence-corrected chi connectivity index (χ1v) is 8.12. The molecule has 1 aliphatic rings. The lowest BCUT2D eigenvalue weighted by molar-refractivity contribution is -0.0586. The molecule has 0 aliphatic carbocycles. The molecule has 2 heterocycles. The minimum Gasteiger partial charge on any atom is -0.431 e. The van der Waals surface area contributed by atoms with E-state index < -0.39 is 0 Å². The summed E-state index contributed by atoms with van der Waals surface area (Å²) in [5.74, 6) is 0.706. The number of morpholine rings is 1. The molecular weight excluding hydrogens is 300 g/mol. The van der Waals surface area contributed by atoms with Crippen molar-refractivity contribution in [2.24, 2.45) is 0 Å². The van der Waals surface area contributed by atoms with E-state index >= 15 is 0 Å². The molecule has 3 rings (SSSR count). The van der Waals surface area contributed by atoms with Crippen LogP contribution in [0.3, 0.4) is 0 Å². The van der Waals surface area contributed by atoms with Crippen LogP contribution in [0.15, 0.2) is 35.8 Å². The molecule has 0 N–H and O–H groups in total. The number of hydrogen-bond acceptors (Lipinski definition) is 5. The van der Waals surface area contributed by atoms with Gasteiger partial charge in [-0.15, -0.1) is 0 Å². The average molecular weight is 318 g/mol. The Balaban J connectivity index is 1.68. The fraction of sp³-hybridized carbons (Fsp3) is 0.375. The van der Waals surface area contributed by atoms with Crippen LogP contribution in [-0.2, 0) is 4.74 Å². The third-order valence-electron chi connectivity index (χ3n) is 3.42. The number of benzene rings is 1. The summed E-state index contributed by atoms with van der Waals surface area (Å²) >= 11 is 1.43. The predicted octanol–water partition coefficient (Wildman–Crippen LogP) is 3.18. The lowest BCUT2D eigenvalue weighted by atomic mass is 10.1. The maximum atomic E-state index is 12.5. The highest BCUT2D eigenvalue weighted by molar-refractivity contribution is 7.11. The number of hydrogen-bond donors (Lipinski definition) is 0. The number of thiazole rings is 1. The molecule has 22 heavy (non-hydrogen) atoms. The van der Waals surface area contributed by atoms with Crippen LogP contribution in [0.2, 0.25) is 0 Å². The van der Waals surface area contributed by atoms with Crippen molar-refractivity contribution in [1.82, 2.24) is 9.88 Å². The quantitative estimate of drug-likeness (QED) is 0.872. The number of aromatic nitrogens is 1. The first kappa shape index (κ1) is 15.0. The van der Waals surface area contributed by atoms with Crippen LogP contribution in [0.4, 0.5) is 0 Å². The van der Waals surface area contributed by atoms with E-state index in [0.29, 0.717) is 29.6 Å². The summed E-state index contributed by atoms with van der Waals surface area (Å²) in [6.07, 6.45) is 1.83. The van der Waals surface area contributed by atoms with E-state index in [1.807, 2.05) is 24.1 Å². The van der Waals surface area contributed by atoms with Crippen LogP contribution in [0.25, 0.3) is 0 Å². The molecule has 6 heteroatoms. The molecule has 1 aromatic carbocycles. The zero-order valence-electron chi connectivity index (χ0n) is 12.6. The first-order valence-electron chi connectivity index (χ1n) is 7.24. The fourth-order valence-corrected chi connectivity index (χ4v) is 3.06. The molecule has 5 nitrogen and oxygen atoms in total. The third-order valence-corrected chi connectivity index (χ3v) is 4.07. The van der Waals surface area contributed by atoms with Gasteiger partial charge >= 0.3 is 0 Å². The van der Waals surface area contributed by atoms with Crippen molar-refractivity contribution in [3.63, 3.8) is 0 Å². The van der Waals surface area contributed by atoms with Gasteiger partial charge in [0.2, 0.25) is 0 Å². The van der Waals surface area contributed by atoms with Gasteiger partial charge in [0.15, 0.2) is 0 Å². The van der Waals surface area contributed by atoms with E-state index in [-0.39, 0.29) is 18.1 Å². The normalized spacial score (nSPS) is 21.6. The highest BCUT2D eigenvalue weighted by atomic mass is 32.1. The maximum absolute atomic E-state index is 12.5. The van der Waals surface area contributed by atoms with Gasteiger partial charge in [0, 0.05) is 30.2 Å². The van der Waals surface area contributed by atoms with E-state index in [0.717, 1.165) is 0 Å². The van der Waals surface area contributed by atoms with Gasteiger partial charge in [0.25, 0.3) is 11.1 Å². The lowest BCUT2D eigenvalue weighted by Crippen LogP contribution is -2.48. The lowest BCUT2D eigenvalue weighted by Gasteiger charge is -2.35. The van der Waals surface area contributed by atoms with Gasteiger partial charge < -0.3 is 14.4 Å². The van der Waals surface area contributed by atoms with Gasteiger partial charge in [0.1, 0.15) is 5.75 Å². The molecular formula is C16H18N2O3S. The maximum Gasteiger partial charge on any atom is 0.278 e. The van der Waals surface area contributed by atoms with Gasteiger partial charge in [-0.1, -0.05) is 11.3 Å². The zero-order chi connectivity index (χ0) is 15.5. The molecule has 1 fully saturated rings. The Morgan fingerprint density at radius 1 is 1.27 bits per heavy atom. The minimum atomic E-state index is 0.0304. The standard InChI is InChI=1S/C16H18N2O3S/c1-11-9-18(10-12(2)20-11)15(19)13-3-5-14(6-4-13)21-16-17-7-8-22-16/h3-8,11-12H,9-10H2,1-2H3. The van der Waals surface area contributed by atoms with E-state index in [4.69, 9.17) is 9.47 Å². The Kier molecular flexibility index (Phi) is 4.40. The molecule has 0 radical (unpaired) electrons. The number of ether oxygens (including phenoxy) is 2. The Morgan fingerprint density at radius 2 is 1.95 bits per heavy atom. The zero-order valence-corrected chi connectivity index (χ0v) is 13.4. The molecule has 1 amide bonds. The highest BCUT2D eigenvalue weighted by Crippen LogP contribution is 2.24. The summed E-state index contributed by atoms with van der Waals surface area (Å²) in [6, 6.07) is 7.16. The van der Waals surface area contributed by atoms with Gasteiger partial charge in [-0.2, -0.15) is 0 Å². The van der Waals surface area contributed by atoms with E-state index in [1.54, 1.807) is 30.5 Å². The number of carbonyl (C=O) groups is 1. The molecule has 1 saturated heterocycles. The monoisotopic (exact) mass is 318 g/mol. The Morgan fingerprint density at radius 3 is 2.55 bits per heavy atom. The summed E-state index contributed by atoms with van der Waals surface area (Å²) in [7, 11) is 0. The van der Waals surface area contributed by atoms with Gasteiger partial charge in [-0.25, -0.2) is 4.98 Å². The predicted molar refractivity (Wildman–Crippen MR) is 84.5 cm³/mol. The Bertz CT molecular complexity index is 617. The van der Waals surface area contributed by atoms with Crippen LogP contribution in [-0.4, -0.2) is 41.1 Å². The van der Waals surface area contributed by atoms with Crippen LogP contribution in [0.1, 0.15) is 24.2 Å². The second-order valence-electron chi connectivity index (χ2n) is 5.39. The molecule has 0 saturated carbocycles. The number of amides is 1. The molecule has 0 bridgehead atoms. The van der Waals surface area contributed by atoms with Gasteiger partial charge in [-0.05, 0) is 38.1 Å². The second kappa shape index (κ2) is 6.46. The van der Waals surface area contributed by atoms with Crippen molar-refractivity contribution < 1.29 is 14.3 Å². The number of carbonyl (C=O) groups excluding carboxylic acids is 1. The Hall–Kier alpha value is -1.92. The van der Waals surface area contributed by atoms with E-state index in [9.17, 15) is 4.79 Å². The summed E-state index contributed by atoms with van der Waals surface area (Å²) in [5, 5.41) is 2.45. The first-order chi connectivity index (χ1) is 10.6. The van der Waals surface area contributed by atoms with Crippen molar-refractivity contribution >= 4 is 17.2 Å². The van der Waals surface area contributed by atoms with Gasteiger partial charge in [0.05, 0.1) is 12.2 Å². The second-order valence-corrected chi connectivity index (χ2v) is 6.25. The summed E-state index contributed by atoms with van der Waals surface area (Å²) in [6.45, 7) is 5.23. The molecule has 2 aromatic rings. The minimum absolute atomic E-state index is 0.0304. The molecule has 1 aromatic heterocycles. The average Bonchev–Trinajstić information content (AvgIpc) is 2.99. The van der Waals surface area contributed by atoms with Crippen LogP contribution in [0, 0.1) is 0 Å². The van der Waals surface area contributed by atoms with E-state index in [1.165, 1.54) is 11.3 Å². The summed E-state index contributed by atoms with van der Waals surface area (Å²) in [5.41, 5.74) is 0.660. The van der Waals surface area contributed by atoms with Crippen LogP contribution >= 0.6 is 11.3 Å². The summed E-state index contributed by atoms with van der Waals surface area (Å²) in [4.78, 5) is 18.4. The largest absolute Gasteiger partial charge is 0.431 e. The molecule has 1 aliphatic heterocycles. The van der Waals surface area contributed by atoms with Crippen molar-refractivity contribution in [2.45, 2.75) is 26.1 Å². The van der Waals surface area contributed by atoms with Gasteiger partial charge in [-0.3, -0.25) is 4.79 Å². The van der Waals surface area contributed by atoms with Crippen molar-refractivity contribution in [1.29, 1.82) is 0 Å². The highest BCUT2D eigenvalue weighted by Gasteiger charge is 2.26.